The Hall–Kier alpha value is -3.15. The van der Waals surface area contributed by atoms with Crippen molar-refractivity contribution in [1.29, 1.82) is 0 Å². The number of benzene rings is 2. The molecular weight excluding hydrogens is 364 g/mol. The minimum atomic E-state index is -0.194. The summed E-state index contributed by atoms with van der Waals surface area (Å²) in [4.78, 5) is 19.4. The van der Waals surface area contributed by atoms with E-state index in [0.717, 1.165) is 36.8 Å². The maximum atomic E-state index is 13.0. The van der Waals surface area contributed by atoms with Gasteiger partial charge >= 0.3 is 6.03 Å². The van der Waals surface area contributed by atoms with Crippen molar-refractivity contribution in [3.63, 3.8) is 0 Å². The number of likely N-dealkylation sites (tertiary alicyclic amines) is 1. The average molecular weight is 390 g/mol. The molecule has 1 saturated heterocycles. The molecule has 150 valence electrons. The van der Waals surface area contributed by atoms with Crippen LogP contribution in [0.2, 0.25) is 0 Å². The number of carbonyl (C=O) groups is 1. The summed E-state index contributed by atoms with van der Waals surface area (Å²) in [5.74, 6) is 1.07. The standard InChI is InChI=1S/C23H26N4O2/c1-17-11-13-18(14-12-17)16-24-23(28)27-15-7-3-6-10-20(27)22-25-21(26-29-22)19-8-4-2-5-9-19/h2,4-5,8-9,11-14,20H,3,6-7,10,15-16H2,1H3,(H,24,28). The number of nitrogens with one attached hydrogen (secondary N) is 1. The third kappa shape index (κ3) is 4.65. The highest BCUT2D eigenvalue weighted by Crippen LogP contribution is 2.30. The lowest BCUT2D eigenvalue weighted by Crippen LogP contribution is -2.42. The summed E-state index contributed by atoms with van der Waals surface area (Å²) in [6, 6.07) is 17.7. The third-order valence-electron chi connectivity index (χ3n) is 5.34. The highest BCUT2D eigenvalue weighted by atomic mass is 16.5. The van der Waals surface area contributed by atoms with Gasteiger partial charge in [-0.15, -0.1) is 0 Å². The van der Waals surface area contributed by atoms with Crippen LogP contribution in [-0.4, -0.2) is 27.6 Å². The molecule has 1 N–H and O–H groups in total. The Kier molecular flexibility index (Phi) is 5.89. The molecule has 3 aromatic rings. The van der Waals surface area contributed by atoms with E-state index in [4.69, 9.17) is 4.52 Å². The Bertz CT molecular complexity index is 937. The quantitative estimate of drug-likeness (QED) is 0.690. The number of aryl methyl sites for hydroxylation is 1. The van der Waals surface area contributed by atoms with Crippen molar-refractivity contribution < 1.29 is 9.32 Å². The summed E-state index contributed by atoms with van der Waals surface area (Å²) in [5, 5.41) is 7.19. The molecule has 1 aliphatic heterocycles. The Labute approximate surface area is 170 Å². The van der Waals surface area contributed by atoms with Gasteiger partial charge in [-0.3, -0.25) is 0 Å². The first-order valence-electron chi connectivity index (χ1n) is 10.2. The molecule has 0 radical (unpaired) electrons. The number of nitrogens with zero attached hydrogens (tertiary/aromatic N) is 3. The van der Waals surface area contributed by atoms with Crippen molar-refractivity contribution >= 4 is 6.03 Å². The van der Waals surface area contributed by atoms with Gasteiger partial charge in [-0.25, -0.2) is 4.79 Å². The molecule has 0 saturated carbocycles. The van der Waals surface area contributed by atoms with Gasteiger partial charge in [0.25, 0.3) is 0 Å². The lowest BCUT2D eigenvalue weighted by atomic mass is 10.1. The van der Waals surface area contributed by atoms with Crippen LogP contribution in [0.5, 0.6) is 0 Å². The van der Waals surface area contributed by atoms with E-state index >= 15 is 0 Å². The molecule has 1 aliphatic rings. The first-order chi connectivity index (χ1) is 14.2. The van der Waals surface area contributed by atoms with E-state index < -0.39 is 0 Å². The second kappa shape index (κ2) is 8.90. The zero-order valence-corrected chi connectivity index (χ0v) is 16.7. The van der Waals surface area contributed by atoms with Gasteiger partial charge in [-0.1, -0.05) is 78.2 Å². The van der Waals surface area contributed by atoms with E-state index in [1.165, 1.54) is 5.56 Å². The van der Waals surface area contributed by atoms with Crippen LogP contribution in [0.1, 0.15) is 48.7 Å². The van der Waals surface area contributed by atoms with E-state index in [9.17, 15) is 4.79 Å². The van der Waals surface area contributed by atoms with E-state index in [-0.39, 0.29) is 12.1 Å². The van der Waals surface area contributed by atoms with Crippen molar-refractivity contribution in [1.82, 2.24) is 20.4 Å². The third-order valence-corrected chi connectivity index (χ3v) is 5.34. The predicted molar refractivity (Wildman–Crippen MR) is 111 cm³/mol. The molecular formula is C23H26N4O2. The van der Waals surface area contributed by atoms with Crippen LogP contribution in [0, 0.1) is 6.92 Å². The number of urea groups is 1. The number of amides is 2. The van der Waals surface area contributed by atoms with Crippen LogP contribution < -0.4 is 5.32 Å². The molecule has 2 heterocycles. The molecule has 6 heteroatoms. The number of rotatable bonds is 4. The summed E-state index contributed by atoms with van der Waals surface area (Å²) >= 11 is 0. The minimum absolute atomic E-state index is 0.0862. The Balaban J connectivity index is 1.49. The lowest BCUT2D eigenvalue weighted by molar-refractivity contribution is 0.158. The maximum Gasteiger partial charge on any atom is 0.318 e. The topological polar surface area (TPSA) is 71.3 Å². The summed E-state index contributed by atoms with van der Waals surface area (Å²) in [6.07, 6.45) is 3.94. The summed E-state index contributed by atoms with van der Waals surface area (Å²) < 4.78 is 5.59. The van der Waals surface area contributed by atoms with Crippen molar-refractivity contribution in [3.8, 4) is 11.4 Å². The number of aromatic nitrogens is 2. The fourth-order valence-electron chi connectivity index (χ4n) is 3.67. The van der Waals surface area contributed by atoms with E-state index in [0.29, 0.717) is 24.8 Å². The number of carbonyl (C=O) groups excluding carboxylic acids is 1. The number of hydrogen-bond donors (Lipinski definition) is 1. The summed E-state index contributed by atoms with van der Waals surface area (Å²) in [6.45, 7) is 3.24. The van der Waals surface area contributed by atoms with E-state index in [1.807, 2.05) is 47.4 Å². The molecule has 29 heavy (non-hydrogen) atoms. The second-order valence-corrected chi connectivity index (χ2v) is 7.53. The van der Waals surface area contributed by atoms with Crippen LogP contribution in [0.3, 0.4) is 0 Å². The van der Waals surface area contributed by atoms with Crippen LogP contribution >= 0.6 is 0 Å². The van der Waals surface area contributed by atoms with Crippen molar-refractivity contribution in [2.45, 2.75) is 45.2 Å². The van der Waals surface area contributed by atoms with Gasteiger partial charge in [0.2, 0.25) is 11.7 Å². The van der Waals surface area contributed by atoms with E-state index in [2.05, 4.69) is 34.5 Å². The molecule has 1 atom stereocenters. The Morgan fingerprint density at radius 2 is 1.90 bits per heavy atom. The van der Waals surface area contributed by atoms with Gasteiger partial charge in [-0.05, 0) is 25.3 Å². The molecule has 1 fully saturated rings. The fourth-order valence-corrected chi connectivity index (χ4v) is 3.67. The normalized spacial score (nSPS) is 17.0. The van der Waals surface area contributed by atoms with Crippen molar-refractivity contribution in [2.24, 2.45) is 0 Å². The smallest absolute Gasteiger partial charge is 0.318 e. The van der Waals surface area contributed by atoms with Gasteiger partial charge < -0.3 is 14.7 Å². The van der Waals surface area contributed by atoms with Gasteiger partial charge in [0.15, 0.2) is 0 Å². The molecule has 6 nitrogen and oxygen atoms in total. The zero-order valence-electron chi connectivity index (χ0n) is 16.7. The van der Waals surface area contributed by atoms with Crippen LogP contribution in [-0.2, 0) is 6.54 Å². The SMILES string of the molecule is Cc1ccc(CNC(=O)N2CCCCCC2c2nc(-c3ccccc3)no2)cc1. The Morgan fingerprint density at radius 3 is 2.69 bits per heavy atom. The summed E-state index contributed by atoms with van der Waals surface area (Å²) in [5.41, 5.74) is 3.20. The van der Waals surface area contributed by atoms with Crippen LogP contribution in [0.4, 0.5) is 4.79 Å². The van der Waals surface area contributed by atoms with Crippen LogP contribution in [0.25, 0.3) is 11.4 Å². The minimum Gasteiger partial charge on any atom is -0.337 e. The molecule has 4 rings (SSSR count). The fraction of sp³-hybridized carbons (Fsp3) is 0.348. The van der Waals surface area contributed by atoms with Crippen LogP contribution in [0.15, 0.2) is 59.1 Å². The maximum absolute atomic E-state index is 13.0. The zero-order chi connectivity index (χ0) is 20.1. The second-order valence-electron chi connectivity index (χ2n) is 7.53. The van der Waals surface area contributed by atoms with E-state index in [1.54, 1.807) is 0 Å². The Morgan fingerprint density at radius 1 is 1.10 bits per heavy atom. The first-order valence-corrected chi connectivity index (χ1v) is 10.2. The van der Waals surface area contributed by atoms with Crippen molar-refractivity contribution in [3.05, 3.63) is 71.6 Å². The monoisotopic (exact) mass is 390 g/mol. The number of hydrogen-bond acceptors (Lipinski definition) is 4. The van der Waals surface area contributed by atoms with Crippen molar-refractivity contribution in [2.75, 3.05) is 6.54 Å². The van der Waals surface area contributed by atoms with Gasteiger partial charge in [0, 0.05) is 18.7 Å². The molecule has 0 aliphatic carbocycles. The molecule has 1 unspecified atom stereocenters. The molecule has 0 bridgehead atoms. The highest BCUT2D eigenvalue weighted by molar-refractivity contribution is 5.74. The first kappa shape index (κ1) is 19.2. The molecule has 2 aromatic carbocycles. The molecule has 0 spiro atoms. The van der Waals surface area contributed by atoms with Gasteiger partial charge in [0.1, 0.15) is 6.04 Å². The van der Waals surface area contributed by atoms with Gasteiger partial charge in [0.05, 0.1) is 0 Å². The average Bonchev–Trinajstić information content (AvgIpc) is 3.11. The summed E-state index contributed by atoms with van der Waals surface area (Å²) in [7, 11) is 0. The van der Waals surface area contributed by atoms with Gasteiger partial charge in [-0.2, -0.15) is 4.98 Å². The molecule has 1 aromatic heterocycles. The predicted octanol–water partition coefficient (Wildman–Crippen LogP) is 4.87. The lowest BCUT2D eigenvalue weighted by Gasteiger charge is -2.27. The highest BCUT2D eigenvalue weighted by Gasteiger charge is 2.31. The molecule has 2 amide bonds. The largest absolute Gasteiger partial charge is 0.337 e.